The van der Waals surface area contributed by atoms with Crippen molar-refractivity contribution in [2.45, 2.75) is 32.9 Å². The van der Waals surface area contributed by atoms with Crippen LogP contribution < -0.4 is 5.32 Å². The fourth-order valence-corrected chi connectivity index (χ4v) is 2.33. The molecule has 5 nitrogen and oxygen atoms in total. The molecule has 0 fully saturated rings. The zero-order valence-corrected chi connectivity index (χ0v) is 14.2. The molecule has 1 aromatic heterocycles. The Morgan fingerprint density at radius 3 is 2.71 bits per heavy atom. The Hall–Kier alpha value is -1.11. The molecule has 1 rings (SSSR count). The van der Waals surface area contributed by atoms with Crippen LogP contribution in [-0.4, -0.2) is 49.9 Å². The van der Waals surface area contributed by atoms with Gasteiger partial charge in [0.1, 0.15) is 5.60 Å². The third kappa shape index (κ3) is 8.04. The van der Waals surface area contributed by atoms with Crippen LogP contribution in [0.5, 0.6) is 0 Å². The number of carbonyl (C=O) groups excluding carboxylic acids is 1. The minimum atomic E-state index is -0.480. The minimum Gasteiger partial charge on any atom is -0.444 e. The monoisotopic (exact) mass is 314 g/mol. The Labute approximate surface area is 131 Å². The molecular weight excluding hydrogens is 288 g/mol. The van der Waals surface area contributed by atoms with Crippen LogP contribution in [0.15, 0.2) is 16.8 Å². The van der Waals surface area contributed by atoms with Gasteiger partial charge < -0.3 is 19.7 Å². The van der Waals surface area contributed by atoms with Gasteiger partial charge in [0.15, 0.2) is 0 Å². The second-order valence-electron chi connectivity index (χ2n) is 5.77. The molecule has 0 aromatic carbocycles. The summed E-state index contributed by atoms with van der Waals surface area (Å²) in [5, 5.41) is 7.50. The molecule has 0 aliphatic heterocycles. The van der Waals surface area contributed by atoms with Gasteiger partial charge in [0.2, 0.25) is 0 Å². The smallest absolute Gasteiger partial charge is 0.410 e. The zero-order chi connectivity index (χ0) is 15.7. The van der Waals surface area contributed by atoms with Gasteiger partial charge in [-0.05, 0) is 43.2 Å². The van der Waals surface area contributed by atoms with Crippen molar-refractivity contribution in [3.05, 3.63) is 22.4 Å². The van der Waals surface area contributed by atoms with Gasteiger partial charge >= 0.3 is 6.09 Å². The lowest BCUT2D eigenvalue weighted by Gasteiger charge is -2.27. The molecule has 21 heavy (non-hydrogen) atoms. The number of hydrogen-bond donors (Lipinski definition) is 1. The maximum absolute atomic E-state index is 12.1. The second kappa shape index (κ2) is 9.02. The third-order valence-electron chi connectivity index (χ3n) is 2.68. The van der Waals surface area contributed by atoms with Crippen molar-refractivity contribution in [1.29, 1.82) is 0 Å². The van der Waals surface area contributed by atoms with E-state index in [4.69, 9.17) is 9.47 Å². The SMILES string of the molecule is COCCN(CCNCc1ccsc1)C(=O)OC(C)(C)C. The Morgan fingerprint density at radius 2 is 2.14 bits per heavy atom. The lowest BCUT2D eigenvalue weighted by Crippen LogP contribution is -2.42. The largest absolute Gasteiger partial charge is 0.444 e. The number of carbonyl (C=O) groups is 1. The maximum atomic E-state index is 12.1. The topological polar surface area (TPSA) is 50.8 Å². The summed E-state index contributed by atoms with van der Waals surface area (Å²) in [6.45, 7) is 8.78. The van der Waals surface area contributed by atoms with Crippen LogP contribution in [0.25, 0.3) is 0 Å². The highest BCUT2D eigenvalue weighted by atomic mass is 32.1. The molecular formula is C15H26N2O3S. The molecule has 0 saturated heterocycles. The van der Waals surface area contributed by atoms with Crippen LogP contribution >= 0.6 is 11.3 Å². The molecule has 1 aromatic rings. The predicted octanol–water partition coefficient (Wildman–Crippen LogP) is 2.72. The summed E-state index contributed by atoms with van der Waals surface area (Å²) in [4.78, 5) is 13.8. The van der Waals surface area contributed by atoms with Crippen molar-refractivity contribution in [1.82, 2.24) is 10.2 Å². The standard InChI is InChI=1S/C15H26N2O3S/c1-15(2,3)20-14(18)17(8-9-19-4)7-6-16-11-13-5-10-21-12-13/h5,10,12,16H,6-9,11H2,1-4H3. The van der Waals surface area contributed by atoms with Gasteiger partial charge in [0, 0.05) is 33.3 Å². The molecule has 0 atom stereocenters. The van der Waals surface area contributed by atoms with E-state index >= 15 is 0 Å². The number of amides is 1. The number of methoxy groups -OCH3 is 1. The van der Waals surface area contributed by atoms with E-state index in [9.17, 15) is 4.79 Å². The van der Waals surface area contributed by atoms with Crippen LogP contribution in [0, 0.1) is 0 Å². The fraction of sp³-hybridized carbons (Fsp3) is 0.667. The van der Waals surface area contributed by atoms with E-state index in [1.54, 1.807) is 23.3 Å². The molecule has 1 N–H and O–H groups in total. The molecule has 1 heterocycles. The van der Waals surface area contributed by atoms with E-state index in [1.165, 1.54) is 5.56 Å². The van der Waals surface area contributed by atoms with Gasteiger partial charge in [-0.1, -0.05) is 0 Å². The van der Waals surface area contributed by atoms with E-state index in [-0.39, 0.29) is 6.09 Å². The first-order valence-corrected chi connectivity index (χ1v) is 8.05. The number of nitrogens with zero attached hydrogens (tertiary/aromatic N) is 1. The number of nitrogens with one attached hydrogen (secondary N) is 1. The second-order valence-corrected chi connectivity index (χ2v) is 6.55. The van der Waals surface area contributed by atoms with Gasteiger partial charge in [0.25, 0.3) is 0 Å². The highest BCUT2D eigenvalue weighted by molar-refractivity contribution is 7.07. The molecule has 0 aliphatic carbocycles. The fourth-order valence-electron chi connectivity index (χ4n) is 1.66. The van der Waals surface area contributed by atoms with Crippen LogP contribution in [0.4, 0.5) is 4.79 Å². The van der Waals surface area contributed by atoms with E-state index in [1.807, 2.05) is 20.8 Å². The average molecular weight is 314 g/mol. The quantitative estimate of drug-likeness (QED) is 0.750. The molecule has 0 radical (unpaired) electrons. The molecule has 0 bridgehead atoms. The molecule has 0 spiro atoms. The number of ether oxygens (including phenoxy) is 2. The van der Waals surface area contributed by atoms with Gasteiger partial charge in [-0.3, -0.25) is 0 Å². The summed E-state index contributed by atoms with van der Waals surface area (Å²) in [5.74, 6) is 0. The molecule has 120 valence electrons. The number of hydrogen-bond acceptors (Lipinski definition) is 5. The number of thiophene rings is 1. The van der Waals surface area contributed by atoms with Gasteiger partial charge in [0.05, 0.1) is 6.61 Å². The van der Waals surface area contributed by atoms with Gasteiger partial charge in [-0.2, -0.15) is 11.3 Å². The molecule has 0 aliphatic rings. The first-order chi connectivity index (χ1) is 9.92. The van der Waals surface area contributed by atoms with Crippen molar-refractivity contribution in [3.63, 3.8) is 0 Å². The van der Waals surface area contributed by atoms with E-state index in [0.29, 0.717) is 19.7 Å². The normalized spacial score (nSPS) is 11.4. The van der Waals surface area contributed by atoms with E-state index in [2.05, 4.69) is 22.1 Å². The summed E-state index contributed by atoms with van der Waals surface area (Å²) in [6.07, 6.45) is -0.295. The van der Waals surface area contributed by atoms with Crippen LogP contribution in [0.1, 0.15) is 26.3 Å². The molecule has 0 unspecified atom stereocenters. The summed E-state index contributed by atoms with van der Waals surface area (Å²) < 4.78 is 10.5. The minimum absolute atomic E-state index is 0.295. The Kier molecular flexibility index (Phi) is 7.71. The van der Waals surface area contributed by atoms with Gasteiger partial charge in [-0.15, -0.1) is 0 Å². The van der Waals surface area contributed by atoms with E-state index < -0.39 is 5.60 Å². The van der Waals surface area contributed by atoms with Gasteiger partial charge in [-0.25, -0.2) is 4.79 Å². The van der Waals surface area contributed by atoms with Crippen molar-refractivity contribution in [2.24, 2.45) is 0 Å². The molecule has 6 heteroatoms. The molecule has 1 amide bonds. The zero-order valence-electron chi connectivity index (χ0n) is 13.3. The Bertz CT molecular complexity index is 402. The van der Waals surface area contributed by atoms with Crippen molar-refractivity contribution in [3.8, 4) is 0 Å². The first kappa shape index (κ1) is 17.9. The van der Waals surface area contributed by atoms with Crippen molar-refractivity contribution >= 4 is 17.4 Å². The summed E-state index contributed by atoms with van der Waals surface area (Å²) >= 11 is 1.69. The number of rotatable bonds is 8. The van der Waals surface area contributed by atoms with Crippen LogP contribution in [0.2, 0.25) is 0 Å². The van der Waals surface area contributed by atoms with E-state index in [0.717, 1.165) is 13.1 Å². The Morgan fingerprint density at radius 1 is 1.38 bits per heavy atom. The van der Waals surface area contributed by atoms with Crippen molar-refractivity contribution < 1.29 is 14.3 Å². The average Bonchev–Trinajstić information content (AvgIpc) is 2.88. The highest BCUT2D eigenvalue weighted by Crippen LogP contribution is 2.10. The highest BCUT2D eigenvalue weighted by Gasteiger charge is 2.21. The Balaban J connectivity index is 2.36. The lowest BCUT2D eigenvalue weighted by molar-refractivity contribution is 0.0204. The molecule has 0 saturated carbocycles. The van der Waals surface area contributed by atoms with Crippen molar-refractivity contribution in [2.75, 3.05) is 33.4 Å². The summed E-state index contributed by atoms with van der Waals surface area (Å²) in [7, 11) is 1.63. The lowest BCUT2D eigenvalue weighted by atomic mass is 10.2. The third-order valence-corrected chi connectivity index (χ3v) is 3.42. The summed E-state index contributed by atoms with van der Waals surface area (Å²) in [5.41, 5.74) is 0.785. The maximum Gasteiger partial charge on any atom is 0.410 e. The van der Waals surface area contributed by atoms with Crippen LogP contribution in [0.3, 0.4) is 0 Å². The van der Waals surface area contributed by atoms with Crippen LogP contribution in [-0.2, 0) is 16.0 Å². The first-order valence-electron chi connectivity index (χ1n) is 7.11. The predicted molar refractivity (Wildman–Crippen MR) is 85.7 cm³/mol. The summed E-state index contributed by atoms with van der Waals surface area (Å²) in [6, 6.07) is 2.09.